The highest BCUT2D eigenvalue weighted by atomic mass is 79.9. The lowest BCUT2D eigenvalue weighted by Crippen LogP contribution is -2.01. The molecular formula is C7H4Br2F2N2O2. The number of nitro groups is 1. The van der Waals surface area contributed by atoms with Gasteiger partial charge in [0, 0.05) is 11.4 Å². The smallest absolute Gasteiger partial charge is 0.358 e. The van der Waals surface area contributed by atoms with E-state index in [1.807, 2.05) is 0 Å². The van der Waals surface area contributed by atoms with Crippen molar-refractivity contribution in [2.45, 2.75) is 11.8 Å². The highest BCUT2D eigenvalue weighted by Gasteiger charge is 2.25. The van der Waals surface area contributed by atoms with Gasteiger partial charge in [-0.1, -0.05) is 15.9 Å². The monoisotopic (exact) mass is 344 g/mol. The second-order valence-electron chi connectivity index (χ2n) is 2.53. The quantitative estimate of drug-likeness (QED) is 0.478. The Balaban J connectivity index is 3.38. The molecule has 4 nitrogen and oxygen atoms in total. The minimum absolute atomic E-state index is 0.0972. The first-order valence-electron chi connectivity index (χ1n) is 3.65. The number of nitrogens with zero attached hydrogens (tertiary/aromatic N) is 2. The summed E-state index contributed by atoms with van der Waals surface area (Å²) >= 11 is 5.98. The normalized spacial score (nSPS) is 10.7. The summed E-state index contributed by atoms with van der Waals surface area (Å²) in [5, 5.41) is 10.7. The number of halogens is 4. The number of pyridine rings is 1. The number of hydrogen-bond donors (Lipinski definition) is 0. The molecule has 1 aromatic heterocycles. The van der Waals surface area contributed by atoms with Crippen molar-refractivity contribution in [1.82, 2.24) is 4.98 Å². The Kier molecular flexibility index (Phi) is 4.09. The Labute approximate surface area is 100 Å². The van der Waals surface area contributed by atoms with Gasteiger partial charge in [0.1, 0.15) is 0 Å². The zero-order valence-electron chi connectivity index (χ0n) is 7.08. The van der Waals surface area contributed by atoms with Crippen molar-refractivity contribution >= 4 is 37.7 Å². The highest BCUT2D eigenvalue weighted by molar-refractivity contribution is 9.10. The van der Waals surface area contributed by atoms with Crippen LogP contribution in [0.25, 0.3) is 0 Å². The summed E-state index contributed by atoms with van der Waals surface area (Å²) in [5.74, 6) is -0.581. The molecule has 0 amide bonds. The van der Waals surface area contributed by atoms with E-state index in [1.165, 1.54) is 0 Å². The second kappa shape index (κ2) is 4.93. The molecule has 15 heavy (non-hydrogen) atoms. The number of alkyl halides is 3. The van der Waals surface area contributed by atoms with Gasteiger partial charge >= 0.3 is 12.2 Å². The third-order valence-corrected chi connectivity index (χ3v) is 3.10. The van der Waals surface area contributed by atoms with Crippen LogP contribution < -0.4 is 0 Å². The van der Waals surface area contributed by atoms with E-state index in [0.717, 1.165) is 6.07 Å². The Bertz CT molecular complexity index is 401. The van der Waals surface area contributed by atoms with E-state index in [1.54, 1.807) is 0 Å². The molecule has 0 atom stereocenters. The van der Waals surface area contributed by atoms with Gasteiger partial charge in [0.15, 0.2) is 0 Å². The molecule has 0 saturated carbocycles. The van der Waals surface area contributed by atoms with Crippen molar-refractivity contribution in [2.24, 2.45) is 0 Å². The van der Waals surface area contributed by atoms with Crippen molar-refractivity contribution in [1.29, 1.82) is 0 Å². The van der Waals surface area contributed by atoms with Crippen LogP contribution in [-0.2, 0) is 5.33 Å². The van der Waals surface area contributed by atoms with Crippen LogP contribution in [0.3, 0.4) is 0 Å². The molecular weight excluding hydrogens is 342 g/mol. The van der Waals surface area contributed by atoms with E-state index in [0.29, 0.717) is 5.56 Å². The number of hydrogen-bond acceptors (Lipinski definition) is 3. The van der Waals surface area contributed by atoms with Crippen LogP contribution in [0.1, 0.15) is 17.7 Å². The van der Waals surface area contributed by atoms with Crippen LogP contribution >= 0.6 is 31.9 Å². The first-order valence-corrected chi connectivity index (χ1v) is 5.56. The molecule has 0 N–H and O–H groups in total. The van der Waals surface area contributed by atoms with Crippen LogP contribution in [-0.4, -0.2) is 9.91 Å². The Hall–Kier alpha value is -0.630. The lowest BCUT2D eigenvalue weighted by molar-refractivity contribution is -0.389. The molecule has 0 radical (unpaired) electrons. The molecule has 0 aliphatic rings. The lowest BCUT2D eigenvalue weighted by Gasteiger charge is -2.03. The van der Waals surface area contributed by atoms with E-state index in [4.69, 9.17) is 0 Å². The van der Waals surface area contributed by atoms with Gasteiger partial charge in [-0.2, -0.15) is 0 Å². The molecule has 0 unspecified atom stereocenters. The molecule has 1 rings (SSSR count). The fourth-order valence-corrected chi connectivity index (χ4v) is 2.26. The van der Waals surface area contributed by atoms with Gasteiger partial charge in [-0.15, -0.1) is 0 Å². The third-order valence-electron chi connectivity index (χ3n) is 1.58. The summed E-state index contributed by atoms with van der Waals surface area (Å²) in [6.07, 6.45) is -2.85. The summed E-state index contributed by atoms with van der Waals surface area (Å²) in [7, 11) is 0. The molecule has 8 heteroatoms. The van der Waals surface area contributed by atoms with E-state index in [9.17, 15) is 18.9 Å². The molecule has 0 spiro atoms. The van der Waals surface area contributed by atoms with Gasteiger partial charge in [0.2, 0.25) is 5.69 Å². The van der Waals surface area contributed by atoms with Gasteiger partial charge in [-0.25, -0.2) is 8.78 Å². The minimum atomic E-state index is -2.85. The zero-order valence-corrected chi connectivity index (χ0v) is 10.3. The largest absolute Gasteiger partial charge is 0.364 e. The number of rotatable bonds is 3. The second-order valence-corrected chi connectivity index (χ2v) is 3.88. The maximum absolute atomic E-state index is 12.5. The van der Waals surface area contributed by atoms with Crippen LogP contribution in [0.15, 0.2) is 10.5 Å². The SMILES string of the molecule is O=[N+]([O-])c1cc(CBr)c(Br)c(C(F)F)n1. The third kappa shape index (κ3) is 2.69. The first-order chi connectivity index (χ1) is 6.97. The Morgan fingerprint density at radius 1 is 1.60 bits per heavy atom. The van der Waals surface area contributed by atoms with Crippen LogP contribution in [0, 0.1) is 10.1 Å². The first kappa shape index (κ1) is 12.4. The maximum Gasteiger partial charge on any atom is 0.364 e. The van der Waals surface area contributed by atoms with Crippen molar-refractivity contribution in [2.75, 3.05) is 0 Å². The van der Waals surface area contributed by atoms with Gasteiger partial charge in [-0.05, 0) is 31.4 Å². The fraction of sp³-hybridized carbons (Fsp3) is 0.286. The average molecular weight is 346 g/mol. The van der Waals surface area contributed by atoms with Crippen molar-refractivity contribution in [3.8, 4) is 0 Å². The predicted molar refractivity (Wildman–Crippen MR) is 56.2 cm³/mol. The van der Waals surface area contributed by atoms with Gasteiger partial charge in [0.05, 0.1) is 4.47 Å². The Morgan fingerprint density at radius 2 is 2.20 bits per heavy atom. The van der Waals surface area contributed by atoms with Gasteiger partial charge < -0.3 is 10.1 Å². The molecule has 0 aliphatic carbocycles. The van der Waals surface area contributed by atoms with Crippen molar-refractivity contribution in [3.63, 3.8) is 0 Å². The zero-order chi connectivity index (χ0) is 11.6. The van der Waals surface area contributed by atoms with Gasteiger partial charge in [0.25, 0.3) is 0 Å². The van der Waals surface area contributed by atoms with Crippen molar-refractivity contribution < 1.29 is 13.7 Å². The average Bonchev–Trinajstić information content (AvgIpc) is 2.17. The molecule has 1 heterocycles. The summed E-state index contributed by atoms with van der Waals surface area (Å²) in [6, 6.07) is 1.14. The summed E-state index contributed by atoms with van der Waals surface area (Å²) < 4.78 is 25.0. The Morgan fingerprint density at radius 3 is 2.60 bits per heavy atom. The summed E-state index contributed by atoms with van der Waals surface area (Å²) in [6.45, 7) is 0. The van der Waals surface area contributed by atoms with Crippen LogP contribution in [0.2, 0.25) is 0 Å². The van der Waals surface area contributed by atoms with Crippen LogP contribution in [0.4, 0.5) is 14.6 Å². The molecule has 0 aromatic carbocycles. The molecule has 0 saturated heterocycles. The fourth-order valence-electron chi connectivity index (χ4n) is 0.924. The van der Waals surface area contributed by atoms with E-state index in [-0.39, 0.29) is 9.80 Å². The molecule has 0 fully saturated rings. The van der Waals surface area contributed by atoms with Crippen molar-refractivity contribution in [3.05, 3.63) is 31.9 Å². The van der Waals surface area contributed by atoms with E-state index >= 15 is 0 Å². The number of aromatic nitrogens is 1. The molecule has 0 bridgehead atoms. The summed E-state index contributed by atoms with van der Waals surface area (Å²) in [4.78, 5) is 12.9. The minimum Gasteiger partial charge on any atom is -0.358 e. The molecule has 0 aliphatic heterocycles. The van der Waals surface area contributed by atoms with Crippen LogP contribution in [0.5, 0.6) is 0 Å². The predicted octanol–water partition coefficient (Wildman–Crippen LogP) is 3.58. The highest BCUT2D eigenvalue weighted by Crippen LogP contribution is 2.32. The summed E-state index contributed by atoms with van der Waals surface area (Å²) in [5.41, 5.74) is -0.245. The van der Waals surface area contributed by atoms with E-state index < -0.39 is 22.9 Å². The lowest BCUT2D eigenvalue weighted by atomic mass is 10.2. The van der Waals surface area contributed by atoms with E-state index in [2.05, 4.69) is 36.8 Å². The molecule has 1 aromatic rings. The van der Waals surface area contributed by atoms with Gasteiger partial charge in [-0.3, -0.25) is 0 Å². The topological polar surface area (TPSA) is 56.0 Å². The standard InChI is InChI=1S/C7H4Br2F2N2O2/c8-2-3-1-4(13(14)15)12-6(5(3)9)7(10)11/h1,7H,2H2. The maximum atomic E-state index is 12.5. The molecule has 82 valence electrons.